The van der Waals surface area contributed by atoms with Gasteiger partial charge >= 0.3 is 5.97 Å². The van der Waals surface area contributed by atoms with Gasteiger partial charge in [0.05, 0.1) is 17.2 Å². The Morgan fingerprint density at radius 2 is 2.15 bits per heavy atom. The second kappa shape index (κ2) is 6.66. The molecule has 0 saturated heterocycles. The molecule has 0 saturated carbocycles. The van der Waals surface area contributed by atoms with Crippen molar-refractivity contribution in [3.05, 3.63) is 45.5 Å². The van der Waals surface area contributed by atoms with Crippen molar-refractivity contribution in [2.45, 2.75) is 6.92 Å². The zero-order chi connectivity index (χ0) is 14.5. The Bertz CT molecular complexity index is 603. The van der Waals surface area contributed by atoms with Crippen molar-refractivity contribution in [2.24, 2.45) is 0 Å². The van der Waals surface area contributed by atoms with Gasteiger partial charge in [-0.05, 0) is 31.2 Å². The summed E-state index contributed by atoms with van der Waals surface area (Å²) in [6.07, 6.45) is 0. The van der Waals surface area contributed by atoms with Crippen LogP contribution in [0, 0.1) is 0 Å². The molecule has 1 N–H and O–H groups in total. The van der Waals surface area contributed by atoms with Crippen molar-refractivity contribution in [3.8, 4) is 0 Å². The molecule has 0 aliphatic carbocycles. The molecule has 0 fully saturated rings. The van der Waals surface area contributed by atoms with Gasteiger partial charge < -0.3 is 10.1 Å². The largest absolute Gasteiger partial charge is 0.462 e. The van der Waals surface area contributed by atoms with Crippen LogP contribution < -0.4 is 5.32 Å². The van der Waals surface area contributed by atoms with E-state index >= 15 is 0 Å². The highest BCUT2D eigenvalue weighted by molar-refractivity contribution is 8.03. The summed E-state index contributed by atoms with van der Waals surface area (Å²) in [5, 5.41) is 4.33. The molecule has 1 aliphatic rings. The molecule has 20 heavy (non-hydrogen) atoms. The lowest BCUT2D eigenvalue weighted by Gasteiger charge is -2.09. The highest BCUT2D eigenvalue weighted by atomic mass is 35.5. The molecule has 4 nitrogen and oxygen atoms in total. The number of rotatable bonds is 4. The number of anilines is 1. The molecule has 0 atom stereocenters. The summed E-state index contributed by atoms with van der Waals surface area (Å²) in [6, 6.07) is 7.07. The maximum absolute atomic E-state index is 11.9. The number of benzene rings is 1. The number of esters is 1. The van der Waals surface area contributed by atoms with E-state index in [2.05, 4.69) is 5.32 Å². The van der Waals surface area contributed by atoms with Gasteiger partial charge in [0.1, 0.15) is 11.5 Å². The first kappa shape index (κ1) is 14.7. The van der Waals surface area contributed by atoms with E-state index in [0.717, 1.165) is 5.69 Å². The van der Waals surface area contributed by atoms with Crippen molar-refractivity contribution >= 4 is 41.0 Å². The monoisotopic (exact) mass is 309 g/mol. The van der Waals surface area contributed by atoms with Crippen LogP contribution >= 0.6 is 23.4 Å². The van der Waals surface area contributed by atoms with Crippen molar-refractivity contribution in [1.82, 2.24) is 0 Å². The Kier molecular flexibility index (Phi) is 4.90. The molecule has 104 valence electrons. The lowest BCUT2D eigenvalue weighted by atomic mass is 10.1. The lowest BCUT2D eigenvalue weighted by molar-refractivity contribution is -0.138. The van der Waals surface area contributed by atoms with E-state index in [0.29, 0.717) is 21.4 Å². The highest BCUT2D eigenvalue weighted by Gasteiger charge is 2.28. The second-order valence-corrected chi connectivity index (χ2v) is 5.35. The Morgan fingerprint density at radius 3 is 2.75 bits per heavy atom. The summed E-state index contributed by atoms with van der Waals surface area (Å²) in [6.45, 7) is 1.98. The summed E-state index contributed by atoms with van der Waals surface area (Å²) in [5.74, 6) is 1.71. The van der Waals surface area contributed by atoms with Crippen LogP contribution in [-0.4, -0.2) is 24.3 Å². The molecule has 1 aromatic rings. The predicted molar refractivity (Wildman–Crippen MR) is 80.4 cm³/mol. The summed E-state index contributed by atoms with van der Waals surface area (Å²) in [4.78, 5) is 22.8. The Labute approximate surface area is 125 Å². The summed E-state index contributed by atoms with van der Waals surface area (Å²) in [7, 11) is 0. The van der Waals surface area contributed by atoms with Crippen LogP contribution in [0.2, 0.25) is 5.02 Å². The van der Waals surface area contributed by atoms with E-state index < -0.39 is 5.97 Å². The maximum Gasteiger partial charge on any atom is 0.341 e. The van der Waals surface area contributed by atoms with Gasteiger partial charge in [-0.25, -0.2) is 9.59 Å². The molecule has 0 amide bonds. The summed E-state index contributed by atoms with van der Waals surface area (Å²) >= 11 is 7.19. The fourth-order valence-corrected chi connectivity index (χ4v) is 2.85. The normalized spacial score (nSPS) is 14.2. The van der Waals surface area contributed by atoms with E-state index in [9.17, 15) is 9.59 Å². The number of carbonyl (C=O) groups excluding carboxylic acids is 2. The zero-order valence-electron chi connectivity index (χ0n) is 10.7. The Hall–Kier alpha value is -1.68. The van der Waals surface area contributed by atoms with Crippen LogP contribution in [0.1, 0.15) is 6.92 Å². The lowest BCUT2D eigenvalue weighted by Crippen LogP contribution is -2.11. The molecule has 0 spiro atoms. The summed E-state index contributed by atoms with van der Waals surface area (Å²) in [5.41, 5.74) is 1.37. The number of halogens is 1. The fourth-order valence-electron chi connectivity index (χ4n) is 1.69. The predicted octanol–water partition coefficient (Wildman–Crippen LogP) is 3.03. The first-order valence-corrected chi connectivity index (χ1v) is 7.33. The quantitative estimate of drug-likeness (QED) is 0.684. The van der Waals surface area contributed by atoms with Crippen LogP contribution in [-0.2, 0) is 14.3 Å². The second-order valence-electron chi connectivity index (χ2n) is 3.93. The minimum absolute atomic E-state index is 0.257. The number of thioether (sulfide) groups is 1. The minimum Gasteiger partial charge on any atom is -0.462 e. The van der Waals surface area contributed by atoms with Gasteiger partial charge in [-0.3, -0.25) is 0 Å². The zero-order valence-corrected chi connectivity index (χ0v) is 12.3. The van der Waals surface area contributed by atoms with E-state index in [1.165, 1.54) is 11.8 Å². The molecular formula is C14H12ClNO3S. The number of ether oxygens (including phenoxy) is 1. The van der Waals surface area contributed by atoms with E-state index in [1.807, 2.05) is 0 Å². The van der Waals surface area contributed by atoms with Gasteiger partial charge in [-0.1, -0.05) is 11.6 Å². The van der Waals surface area contributed by atoms with Crippen LogP contribution in [0.5, 0.6) is 0 Å². The minimum atomic E-state index is -0.507. The number of hydrogen-bond donors (Lipinski definition) is 1. The molecule has 6 heteroatoms. The number of nitrogens with one attached hydrogen (secondary N) is 1. The van der Waals surface area contributed by atoms with Gasteiger partial charge in [-0.15, -0.1) is 11.8 Å². The Morgan fingerprint density at radius 1 is 1.45 bits per heavy atom. The molecule has 0 radical (unpaired) electrons. The van der Waals surface area contributed by atoms with Gasteiger partial charge in [0.25, 0.3) is 0 Å². The molecule has 1 heterocycles. The van der Waals surface area contributed by atoms with Gasteiger partial charge in [0.15, 0.2) is 0 Å². The van der Waals surface area contributed by atoms with Crippen LogP contribution in [0.3, 0.4) is 0 Å². The number of carbonyl (C=O) groups is 1. The molecule has 1 aliphatic heterocycles. The SMILES string of the molecule is CCOC(=O)C1=C(Nc2ccc(Cl)cc2)SCC1=C=O. The third-order valence-electron chi connectivity index (χ3n) is 2.59. The van der Waals surface area contributed by atoms with Crippen molar-refractivity contribution in [1.29, 1.82) is 0 Å². The van der Waals surface area contributed by atoms with Crippen molar-refractivity contribution in [2.75, 3.05) is 17.7 Å². The molecular weight excluding hydrogens is 298 g/mol. The topological polar surface area (TPSA) is 55.4 Å². The van der Waals surface area contributed by atoms with Crippen molar-refractivity contribution < 1.29 is 14.3 Å². The van der Waals surface area contributed by atoms with E-state index in [1.54, 1.807) is 37.1 Å². The molecule has 0 bridgehead atoms. The van der Waals surface area contributed by atoms with E-state index in [4.69, 9.17) is 16.3 Å². The fraction of sp³-hybridized carbons (Fsp3) is 0.214. The van der Waals surface area contributed by atoms with Gasteiger partial charge in [0.2, 0.25) is 0 Å². The maximum atomic E-state index is 11.9. The first-order valence-electron chi connectivity index (χ1n) is 5.96. The smallest absolute Gasteiger partial charge is 0.341 e. The third kappa shape index (κ3) is 3.25. The van der Waals surface area contributed by atoms with Crippen LogP contribution in [0.15, 0.2) is 40.4 Å². The molecule has 0 aromatic heterocycles. The number of hydrogen-bond acceptors (Lipinski definition) is 5. The third-order valence-corrected chi connectivity index (χ3v) is 3.87. The highest BCUT2D eigenvalue weighted by Crippen LogP contribution is 2.35. The molecule has 0 unspecified atom stereocenters. The van der Waals surface area contributed by atoms with Crippen LogP contribution in [0.4, 0.5) is 5.69 Å². The standard InChI is InChI=1S/C14H12ClNO3S/c1-2-19-14(18)12-9(7-17)8-20-13(12)16-11-5-3-10(15)4-6-11/h3-6,16H,2,8H2,1H3. The van der Waals surface area contributed by atoms with E-state index in [-0.39, 0.29) is 12.2 Å². The summed E-state index contributed by atoms with van der Waals surface area (Å²) < 4.78 is 4.97. The average molecular weight is 310 g/mol. The average Bonchev–Trinajstić information content (AvgIpc) is 2.84. The van der Waals surface area contributed by atoms with Crippen molar-refractivity contribution in [3.63, 3.8) is 0 Å². The molecule has 1 aromatic carbocycles. The molecule has 2 rings (SSSR count). The Balaban J connectivity index is 2.30. The first-order chi connectivity index (χ1) is 9.65. The van der Waals surface area contributed by atoms with Gasteiger partial charge in [-0.2, -0.15) is 0 Å². The van der Waals surface area contributed by atoms with Gasteiger partial charge in [0, 0.05) is 16.5 Å². The van der Waals surface area contributed by atoms with Crippen LogP contribution in [0.25, 0.3) is 0 Å².